The van der Waals surface area contributed by atoms with Gasteiger partial charge in [0, 0.05) is 22.8 Å². The third-order valence-electron chi connectivity index (χ3n) is 8.31. The summed E-state index contributed by atoms with van der Waals surface area (Å²) < 4.78 is 1.54. The molecule has 218 valence electrons. The van der Waals surface area contributed by atoms with E-state index in [0.29, 0.717) is 0 Å². The quantitative estimate of drug-likeness (QED) is 0.125. The number of allylic oxidation sites excluding steroid dienone is 2. The lowest BCUT2D eigenvalue weighted by molar-refractivity contribution is -0.344. The van der Waals surface area contributed by atoms with Gasteiger partial charge in [0.1, 0.15) is 0 Å². The fourth-order valence-corrected chi connectivity index (χ4v) is 5.93. The summed E-state index contributed by atoms with van der Waals surface area (Å²) in [5.41, 5.74) is 23.1. The van der Waals surface area contributed by atoms with Crippen LogP contribution in [0.4, 0.5) is 0 Å². The molecular formula is C38H56N2. The van der Waals surface area contributed by atoms with E-state index in [2.05, 4.69) is 77.1 Å². The first-order valence-corrected chi connectivity index (χ1v) is 16.7. The maximum Gasteiger partial charge on any atom is 0.210 e. The van der Waals surface area contributed by atoms with Gasteiger partial charge < -0.3 is 5.53 Å². The maximum absolute atomic E-state index is 11.9. The van der Waals surface area contributed by atoms with E-state index in [1.165, 1.54) is 102 Å². The average molecular weight is 541 g/mol. The highest BCUT2D eigenvalue weighted by molar-refractivity contribution is 5.79. The molecule has 0 atom stereocenters. The van der Waals surface area contributed by atoms with Crippen molar-refractivity contribution in [2.45, 2.75) is 144 Å². The minimum absolute atomic E-state index is 0.947. The van der Waals surface area contributed by atoms with E-state index in [0.717, 1.165) is 61.9 Å². The topological polar surface area (TPSA) is 25.3 Å². The van der Waals surface area contributed by atoms with Crippen molar-refractivity contribution in [3.63, 3.8) is 0 Å². The Morgan fingerprint density at radius 1 is 0.475 bits per heavy atom. The SMILES string of the molecule is CCCCCc1cc(CCCC)cc(C2=CC(CCCC)=C(c3cc(CCCC)cc(CCCCC)c3)[N+]2=[N-])c1. The molecule has 0 N–H and O–H groups in total. The van der Waals surface area contributed by atoms with Crippen LogP contribution in [0.25, 0.3) is 16.9 Å². The van der Waals surface area contributed by atoms with Gasteiger partial charge in [-0.05, 0) is 111 Å². The molecule has 2 aromatic rings. The first-order valence-electron chi connectivity index (χ1n) is 16.7. The molecule has 2 heteroatoms. The van der Waals surface area contributed by atoms with Crippen molar-refractivity contribution in [2.24, 2.45) is 0 Å². The monoisotopic (exact) mass is 540 g/mol. The van der Waals surface area contributed by atoms with E-state index in [1.54, 1.807) is 0 Å². The highest BCUT2D eigenvalue weighted by Gasteiger charge is 2.29. The van der Waals surface area contributed by atoms with Gasteiger partial charge in [-0.2, -0.15) is 0 Å². The molecule has 2 nitrogen and oxygen atoms in total. The predicted octanol–water partition coefficient (Wildman–Crippen LogP) is 11.8. The van der Waals surface area contributed by atoms with Crippen LogP contribution >= 0.6 is 0 Å². The largest absolute Gasteiger partial charge is 0.493 e. The van der Waals surface area contributed by atoms with Gasteiger partial charge in [0.25, 0.3) is 0 Å². The molecular weight excluding hydrogens is 484 g/mol. The highest BCUT2D eigenvalue weighted by atomic mass is 15.2. The standard InChI is InChI=1S/C38H56N2/c1-6-11-16-20-32-23-30(18-13-8-3)25-35(26-32)37-29-34(22-15-10-5)38(40(37)39)36-27-31(19-14-9-4)24-33(28-36)21-17-12-7-2/h23-29H,6-22H2,1-5H3. The molecule has 0 fully saturated rings. The second-order valence-electron chi connectivity index (χ2n) is 12.0. The average Bonchev–Trinajstić information content (AvgIpc) is 3.29. The van der Waals surface area contributed by atoms with Crippen LogP contribution in [0.1, 0.15) is 151 Å². The first kappa shape index (κ1) is 32.0. The summed E-state index contributed by atoms with van der Waals surface area (Å²) in [6.45, 7) is 11.3. The predicted molar refractivity (Wildman–Crippen MR) is 175 cm³/mol. The Morgan fingerprint density at radius 2 is 0.875 bits per heavy atom. The van der Waals surface area contributed by atoms with E-state index in [1.807, 2.05) is 0 Å². The molecule has 3 rings (SSSR count). The smallest absolute Gasteiger partial charge is 0.210 e. The lowest BCUT2D eigenvalue weighted by Crippen LogP contribution is -2.05. The van der Waals surface area contributed by atoms with Crippen LogP contribution in [0.15, 0.2) is 48.0 Å². The second kappa shape index (κ2) is 17.4. The maximum atomic E-state index is 11.9. The molecule has 0 aliphatic carbocycles. The lowest BCUT2D eigenvalue weighted by atomic mass is 9.95. The Balaban J connectivity index is 2.02. The third kappa shape index (κ3) is 9.28. The zero-order valence-corrected chi connectivity index (χ0v) is 26.5. The van der Waals surface area contributed by atoms with Gasteiger partial charge in [0.15, 0.2) is 0 Å². The molecule has 1 aliphatic heterocycles. The van der Waals surface area contributed by atoms with Crippen molar-refractivity contribution in [1.29, 1.82) is 0 Å². The van der Waals surface area contributed by atoms with Gasteiger partial charge in [-0.3, -0.25) is 0 Å². The van der Waals surface area contributed by atoms with Gasteiger partial charge in [0.2, 0.25) is 11.4 Å². The number of benzene rings is 2. The number of hydrogen-bond donors (Lipinski definition) is 0. The first-order chi connectivity index (χ1) is 19.5. The van der Waals surface area contributed by atoms with Gasteiger partial charge in [-0.15, -0.1) is 0 Å². The minimum atomic E-state index is 0.947. The molecule has 1 aliphatic rings. The summed E-state index contributed by atoms with van der Waals surface area (Å²) in [6, 6.07) is 14.2. The Labute approximate surface area is 246 Å². The highest BCUT2D eigenvalue weighted by Crippen LogP contribution is 2.39. The number of hydrogen-bond acceptors (Lipinski definition) is 0. The molecule has 0 amide bonds. The van der Waals surface area contributed by atoms with Crippen molar-refractivity contribution in [2.75, 3.05) is 0 Å². The molecule has 0 spiro atoms. The number of nitrogens with zero attached hydrogens (tertiary/aromatic N) is 2. The van der Waals surface area contributed by atoms with Crippen LogP contribution in [-0.2, 0) is 25.7 Å². The van der Waals surface area contributed by atoms with Crippen molar-refractivity contribution < 1.29 is 4.70 Å². The molecule has 0 saturated heterocycles. The van der Waals surface area contributed by atoms with Crippen LogP contribution in [0, 0.1) is 0 Å². The summed E-state index contributed by atoms with van der Waals surface area (Å²) in [7, 11) is 0. The Hall–Kier alpha value is -2.48. The van der Waals surface area contributed by atoms with Crippen molar-refractivity contribution in [3.8, 4) is 0 Å². The molecule has 0 unspecified atom stereocenters. The zero-order chi connectivity index (χ0) is 28.7. The van der Waals surface area contributed by atoms with Gasteiger partial charge in [-0.1, -0.05) is 91.7 Å². The van der Waals surface area contributed by atoms with Crippen LogP contribution in [0.2, 0.25) is 0 Å². The Bertz CT molecular complexity index is 1150. The number of aryl methyl sites for hydroxylation is 4. The third-order valence-corrected chi connectivity index (χ3v) is 8.31. The van der Waals surface area contributed by atoms with Crippen LogP contribution in [0.3, 0.4) is 0 Å². The van der Waals surface area contributed by atoms with E-state index in [9.17, 15) is 5.53 Å². The van der Waals surface area contributed by atoms with Gasteiger partial charge in [-0.25, -0.2) is 4.70 Å². The molecule has 0 bridgehead atoms. The molecule has 2 aromatic carbocycles. The van der Waals surface area contributed by atoms with Crippen LogP contribution in [-0.4, -0.2) is 4.70 Å². The Morgan fingerprint density at radius 3 is 1.32 bits per heavy atom. The van der Waals surface area contributed by atoms with Gasteiger partial charge in [0.05, 0.1) is 0 Å². The second-order valence-corrected chi connectivity index (χ2v) is 12.0. The van der Waals surface area contributed by atoms with Gasteiger partial charge >= 0.3 is 0 Å². The normalized spacial score (nSPS) is 13.4. The van der Waals surface area contributed by atoms with Crippen LogP contribution in [0.5, 0.6) is 0 Å². The van der Waals surface area contributed by atoms with E-state index >= 15 is 0 Å². The fourth-order valence-electron chi connectivity index (χ4n) is 5.93. The zero-order valence-electron chi connectivity index (χ0n) is 26.5. The molecule has 40 heavy (non-hydrogen) atoms. The molecule has 0 radical (unpaired) electrons. The Kier molecular flexibility index (Phi) is 13.9. The summed E-state index contributed by atoms with van der Waals surface area (Å²) in [5, 5.41) is 0. The molecule has 0 aromatic heterocycles. The van der Waals surface area contributed by atoms with E-state index in [-0.39, 0.29) is 0 Å². The molecule has 1 heterocycles. The number of unbranched alkanes of at least 4 members (excludes halogenated alkanes) is 7. The van der Waals surface area contributed by atoms with Crippen molar-refractivity contribution in [3.05, 3.63) is 87.0 Å². The summed E-state index contributed by atoms with van der Waals surface area (Å²) in [5.74, 6) is 0. The minimum Gasteiger partial charge on any atom is -0.493 e. The summed E-state index contributed by atoms with van der Waals surface area (Å²) in [4.78, 5) is 0. The number of rotatable bonds is 19. The fraction of sp³-hybridized carbons (Fsp3) is 0.579. The van der Waals surface area contributed by atoms with E-state index < -0.39 is 0 Å². The summed E-state index contributed by atoms with van der Waals surface area (Å²) in [6.07, 6.45) is 22.3. The lowest BCUT2D eigenvalue weighted by Gasteiger charge is -2.14. The molecule has 0 saturated carbocycles. The van der Waals surface area contributed by atoms with Crippen molar-refractivity contribution in [1.82, 2.24) is 0 Å². The summed E-state index contributed by atoms with van der Waals surface area (Å²) >= 11 is 0. The van der Waals surface area contributed by atoms with Crippen LogP contribution < -0.4 is 0 Å². The van der Waals surface area contributed by atoms with E-state index in [4.69, 9.17) is 0 Å². The van der Waals surface area contributed by atoms with Crippen molar-refractivity contribution >= 4 is 11.4 Å².